The number of hydrogen-bond donors (Lipinski definition) is 0. The van der Waals surface area contributed by atoms with E-state index in [4.69, 9.17) is 4.74 Å². The van der Waals surface area contributed by atoms with E-state index in [1.165, 1.54) is 16.7 Å². The van der Waals surface area contributed by atoms with Crippen LogP contribution in [0.1, 0.15) is 22.2 Å². The molecule has 2 aromatic rings. The van der Waals surface area contributed by atoms with Crippen molar-refractivity contribution < 1.29 is 9.53 Å². The summed E-state index contributed by atoms with van der Waals surface area (Å²) in [6.45, 7) is 2.12. The molecular formula is C12H11BrO2S. The number of carbonyl (C=O) groups is 1. The van der Waals surface area contributed by atoms with Crippen LogP contribution >= 0.6 is 27.3 Å². The number of thiophene rings is 1. The fourth-order valence-corrected chi connectivity index (χ4v) is 3.59. The number of rotatable bonds is 2. The summed E-state index contributed by atoms with van der Waals surface area (Å²) >= 11 is 5.33. The molecule has 2 rings (SSSR count). The van der Waals surface area contributed by atoms with Crippen LogP contribution in [0, 0.1) is 0 Å². The molecule has 0 aliphatic rings. The number of halogens is 1. The van der Waals surface area contributed by atoms with Gasteiger partial charge in [0.1, 0.15) is 0 Å². The summed E-state index contributed by atoms with van der Waals surface area (Å²) in [4.78, 5) is 12.7. The normalized spacial score (nSPS) is 10.7. The van der Waals surface area contributed by atoms with Crippen molar-refractivity contribution in [2.75, 3.05) is 7.11 Å². The van der Waals surface area contributed by atoms with Crippen molar-refractivity contribution in [3.63, 3.8) is 0 Å². The van der Waals surface area contributed by atoms with Gasteiger partial charge in [-0.3, -0.25) is 0 Å². The summed E-state index contributed by atoms with van der Waals surface area (Å²) in [6.07, 6.45) is 0.994. The zero-order valence-corrected chi connectivity index (χ0v) is 11.4. The lowest BCUT2D eigenvalue weighted by Gasteiger charge is -1.99. The van der Waals surface area contributed by atoms with Gasteiger partial charge >= 0.3 is 5.97 Å². The highest BCUT2D eigenvalue weighted by Gasteiger charge is 2.11. The summed E-state index contributed by atoms with van der Waals surface area (Å²) in [5.41, 5.74) is 0.594. The van der Waals surface area contributed by atoms with Gasteiger partial charge in [0, 0.05) is 19.4 Å². The van der Waals surface area contributed by atoms with Crippen molar-refractivity contribution in [3.8, 4) is 0 Å². The Morgan fingerprint density at radius 2 is 2.25 bits per heavy atom. The first kappa shape index (κ1) is 11.6. The molecule has 0 aliphatic carbocycles. The van der Waals surface area contributed by atoms with Gasteiger partial charge in [-0.15, -0.1) is 11.3 Å². The SMILES string of the molecule is CCc1sc2ccc(C(=O)OC)cc2c1Br. The van der Waals surface area contributed by atoms with Crippen LogP contribution in [0.3, 0.4) is 0 Å². The Hall–Kier alpha value is -0.870. The number of carbonyl (C=O) groups excluding carboxylic acids is 1. The van der Waals surface area contributed by atoms with Crippen molar-refractivity contribution in [1.29, 1.82) is 0 Å². The molecule has 0 radical (unpaired) electrons. The molecule has 1 heterocycles. The van der Waals surface area contributed by atoms with Crippen LogP contribution in [0.25, 0.3) is 10.1 Å². The third-order valence-corrected chi connectivity index (χ3v) is 4.92. The van der Waals surface area contributed by atoms with Gasteiger partial charge < -0.3 is 4.74 Å². The van der Waals surface area contributed by atoms with Gasteiger partial charge in [0.2, 0.25) is 0 Å². The minimum Gasteiger partial charge on any atom is -0.465 e. The minimum atomic E-state index is -0.293. The van der Waals surface area contributed by atoms with E-state index in [9.17, 15) is 4.79 Å². The summed E-state index contributed by atoms with van der Waals surface area (Å²) in [6, 6.07) is 5.65. The molecular weight excluding hydrogens is 288 g/mol. The molecule has 0 atom stereocenters. The molecule has 4 heteroatoms. The first-order valence-electron chi connectivity index (χ1n) is 4.96. The Bertz CT molecular complexity index is 545. The second kappa shape index (κ2) is 4.55. The fraction of sp³-hybridized carbons (Fsp3) is 0.250. The molecule has 1 aromatic carbocycles. The van der Waals surface area contributed by atoms with Gasteiger partial charge in [-0.25, -0.2) is 4.79 Å². The molecule has 84 valence electrons. The summed E-state index contributed by atoms with van der Waals surface area (Å²) in [7, 11) is 1.40. The van der Waals surface area contributed by atoms with Crippen LogP contribution in [0.4, 0.5) is 0 Å². The number of benzene rings is 1. The average molecular weight is 299 g/mol. The molecule has 0 fully saturated rings. The number of ether oxygens (including phenoxy) is 1. The molecule has 1 aromatic heterocycles. The molecule has 0 aliphatic heterocycles. The molecule has 0 unspecified atom stereocenters. The third-order valence-electron chi connectivity index (χ3n) is 2.44. The summed E-state index contributed by atoms with van der Waals surface area (Å²) in [5.74, 6) is -0.293. The average Bonchev–Trinajstić information content (AvgIpc) is 2.64. The highest BCUT2D eigenvalue weighted by atomic mass is 79.9. The maximum atomic E-state index is 11.4. The van der Waals surface area contributed by atoms with Crippen LogP contribution in [0.15, 0.2) is 22.7 Å². The summed E-state index contributed by atoms with van der Waals surface area (Å²) < 4.78 is 7.00. The molecule has 2 nitrogen and oxygen atoms in total. The highest BCUT2D eigenvalue weighted by molar-refractivity contribution is 9.10. The smallest absolute Gasteiger partial charge is 0.337 e. The molecule has 0 saturated heterocycles. The van der Waals surface area contributed by atoms with Crippen molar-refractivity contribution in [2.45, 2.75) is 13.3 Å². The topological polar surface area (TPSA) is 26.3 Å². The van der Waals surface area contributed by atoms with E-state index in [0.717, 1.165) is 16.3 Å². The van der Waals surface area contributed by atoms with Crippen molar-refractivity contribution in [3.05, 3.63) is 33.1 Å². The Labute approximate surface area is 106 Å². The van der Waals surface area contributed by atoms with Crippen LogP contribution in [0.2, 0.25) is 0 Å². The number of aryl methyl sites for hydroxylation is 1. The van der Waals surface area contributed by atoms with Crippen molar-refractivity contribution in [2.24, 2.45) is 0 Å². The second-order valence-corrected chi connectivity index (χ2v) is 5.33. The van der Waals surface area contributed by atoms with E-state index in [1.807, 2.05) is 12.1 Å². The van der Waals surface area contributed by atoms with E-state index in [2.05, 4.69) is 22.9 Å². The van der Waals surface area contributed by atoms with Crippen molar-refractivity contribution in [1.82, 2.24) is 0 Å². The van der Waals surface area contributed by atoms with Gasteiger partial charge in [0.25, 0.3) is 0 Å². The lowest BCUT2D eigenvalue weighted by molar-refractivity contribution is 0.0601. The van der Waals surface area contributed by atoms with Crippen LogP contribution in [-0.2, 0) is 11.2 Å². The quantitative estimate of drug-likeness (QED) is 0.783. The van der Waals surface area contributed by atoms with Crippen molar-refractivity contribution >= 4 is 43.3 Å². The van der Waals surface area contributed by atoms with Gasteiger partial charge in [-0.2, -0.15) is 0 Å². The first-order valence-corrected chi connectivity index (χ1v) is 6.57. The molecule has 0 saturated carbocycles. The molecule has 0 N–H and O–H groups in total. The standard InChI is InChI=1S/C12H11BrO2S/c1-3-9-11(13)8-6-7(12(14)15-2)4-5-10(8)16-9/h4-6H,3H2,1-2H3. The lowest BCUT2D eigenvalue weighted by Crippen LogP contribution is -2.00. The lowest BCUT2D eigenvalue weighted by atomic mass is 10.1. The van der Waals surface area contributed by atoms with E-state index < -0.39 is 0 Å². The van der Waals surface area contributed by atoms with Gasteiger partial charge in [0.05, 0.1) is 12.7 Å². The maximum absolute atomic E-state index is 11.4. The maximum Gasteiger partial charge on any atom is 0.337 e. The van der Waals surface area contributed by atoms with Crippen LogP contribution in [-0.4, -0.2) is 13.1 Å². The van der Waals surface area contributed by atoms with E-state index in [0.29, 0.717) is 5.56 Å². The molecule has 0 bridgehead atoms. The predicted molar refractivity (Wildman–Crippen MR) is 70.2 cm³/mol. The highest BCUT2D eigenvalue weighted by Crippen LogP contribution is 2.36. The number of methoxy groups -OCH3 is 1. The van der Waals surface area contributed by atoms with Gasteiger partial charge in [-0.05, 0) is 40.5 Å². The Balaban J connectivity index is 2.61. The van der Waals surface area contributed by atoms with Crippen LogP contribution < -0.4 is 0 Å². The number of esters is 1. The first-order chi connectivity index (χ1) is 7.67. The van der Waals surface area contributed by atoms with Gasteiger partial charge in [-0.1, -0.05) is 6.92 Å². The summed E-state index contributed by atoms with van der Waals surface area (Å²) in [5, 5.41) is 1.09. The third kappa shape index (κ3) is 1.87. The molecule has 0 spiro atoms. The monoisotopic (exact) mass is 298 g/mol. The zero-order chi connectivity index (χ0) is 11.7. The largest absolute Gasteiger partial charge is 0.465 e. The molecule has 16 heavy (non-hydrogen) atoms. The zero-order valence-electron chi connectivity index (χ0n) is 9.04. The predicted octanol–water partition coefficient (Wildman–Crippen LogP) is 4.01. The fourth-order valence-electron chi connectivity index (χ4n) is 1.59. The van der Waals surface area contributed by atoms with E-state index >= 15 is 0 Å². The Morgan fingerprint density at radius 3 is 2.88 bits per heavy atom. The van der Waals surface area contributed by atoms with Gasteiger partial charge in [0.15, 0.2) is 0 Å². The van der Waals surface area contributed by atoms with E-state index in [1.54, 1.807) is 17.4 Å². The Kier molecular flexibility index (Phi) is 3.30. The number of hydrogen-bond acceptors (Lipinski definition) is 3. The second-order valence-electron chi connectivity index (χ2n) is 3.40. The van der Waals surface area contributed by atoms with Crippen LogP contribution in [0.5, 0.6) is 0 Å². The molecule has 0 amide bonds. The number of fused-ring (bicyclic) bond motifs is 1. The Morgan fingerprint density at radius 1 is 1.50 bits per heavy atom. The van der Waals surface area contributed by atoms with E-state index in [-0.39, 0.29) is 5.97 Å². The minimum absolute atomic E-state index is 0.293.